The number of rotatable bonds is 3. The van der Waals surface area contributed by atoms with Crippen LogP contribution >= 0.6 is 11.3 Å². The van der Waals surface area contributed by atoms with Crippen molar-refractivity contribution in [1.82, 2.24) is 9.97 Å². The molecule has 4 nitrogen and oxygen atoms in total. The van der Waals surface area contributed by atoms with Gasteiger partial charge in [0.2, 0.25) is 5.13 Å². The van der Waals surface area contributed by atoms with E-state index >= 15 is 0 Å². The summed E-state index contributed by atoms with van der Waals surface area (Å²) in [7, 11) is 0. The second-order valence-electron chi connectivity index (χ2n) is 2.46. The minimum Gasteiger partial charge on any atom is -0.255 e. The minimum absolute atomic E-state index is 0.775. The molecule has 0 aliphatic carbocycles. The van der Waals surface area contributed by atoms with Gasteiger partial charge in [-0.15, -0.1) is 11.3 Å². The molecule has 0 fully saturated rings. The van der Waals surface area contributed by atoms with Crippen molar-refractivity contribution in [3.05, 3.63) is 41.7 Å². The molecule has 0 spiro atoms. The van der Waals surface area contributed by atoms with Gasteiger partial charge in [-0.1, -0.05) is 6.07 Å². The SMILES string of the molecule is C(=N/Nc1nccs1)/c1ccccn1. The van der Waals surface area contributed by atoms with E-state index in [4.69, 9.17) is 0 Å². The lowest BCUT2D eigenvalue weighted by Crippen LogP contribution is -1.91. The van der Waals surface area contributed by atoms with Gasteiger partial charge in [-0.3, -0.25) is 10.4 Å². The lowest BCUT2D eigenvalue weighted by Gasteiger charge is -1.92. The quantitative estimate of drug-likeness (QED) is 0.614. The fraction of sp³-hybridized carbons (Fsp3) is 0. The van der Waals surface area contributed by atoms with E-state index in [1.165, 1.54) is 11.3 Å². The van der Waals surface area contributed by atoms with E-state index in [-0.39, 0.29) is 0 Å². The standard InChI is InChI=1S/C9H8N4S/c1-2-4-10-8(3-1)7-12-13-9-11-5-6-14-9/h1-7H,(H,11,13)/b12-7-. The minimum atomic E-state index is 0.775. The number of thiazole rings is 1. The van der Waals surface area contributed by atoms with E-state index in [2.05, 4.69) is 20.5 Å². The first-order chi connectivity index (χ1) is 6.95. The Bertz CT molecular complexity index is 396. The maximum absolute atomic E-state index is 4.09. The highest BCUT2D eigenvalue weighted by molar-refractivity contribution is 7.13. The molecule has 0 aliphatic rings. The Morgan fingerprint density at radius 1 is 1.29 bits per heavy atom. The second kappa shape index (κ2) is 4.48. The van der Waals surface area contributed by atoms with Crippen LogP contribution in [0.15, 0.2) is 41.1 Å². The number of hydrogen-bond donors (Lipinski definition) is 1. The van der Waals surface area contributed by atoms with Gasteiger partial charge in [0.15, 0.2) is 0 Å². The average molecular weight is 204 g/mol. The van der Waals surface area contributed by atoms with E-state index in [0.29, 0.717) is 0 Å². The molecule has 70 valence electrons. The summed E-state index contributed by atoms with van der Waals surface area (Å²) >= 11 is 1.50. The molecule has 0 bridgehead atoms. The van der Waals surface area contributed by atoms with Crippen molar-refractivity contribution in [2.45, 2.75) is 0 Å². The molecule has 0 radical (unpaired) electrons. The van der Waals surface area contributed by atoms with Crippen LogP contribution in [0, 0.1) is 0 Å². The highest BCUT2D eigenvalue weighted by Gasteiger charge is 1.89. The molecule has 0 unspecified atom stereocenters. The molecule has 14 heavy (non-hydrogen) atoms. The lowest BCUT2D eigenvalue weighted by atomic mass is 10.4. The maximum atomic E-state index is 4.09. The molecular weight excluding hydrogens is 196 g/mol. The van der Waals surface area contributed by atoms with Crippen LogP contribution in [0.5, 0.6) is 0 Å². The summed E-state index contributed by atoms with van der Waals surface area (Å²) in [6.45, 7) is 0. The summed E-state index contributed by atoms with van der Waals surface area (Å²) in [6.07, 6.45) is 5.11. The number of hydrogen-bond acceptors (Lipinski definition) is 5. The van der Waals surface area contributed by atoms with Crippen LogP contribution in [-0.4, -0.2) is 16.2 Å². The summed E-state index contributed by atoms with van der Waals surface area (Å²) in [5.74, 6) is 0. The van der Waals surface area contributed by atoms with E-state index in [1.54, 1.807) is 18.6 Å². The number of nitrogens with one attached hydrogen (secondary N) is 1. The Hall–Kier alpha value is -1.75. The molecule has 0 amide bonds. The fourth-order valence-electron chi connectivity index (χ4n) is 0.885. The first-order valence-corrected chi connectivity index (χ1v) is 4.93. The van der Waals surface area contributed by atoms with Crippen molar-refractivity contribution in [2.24, 2.45) is 5.10 Å². The van der Waals surface area contributed by atoms with Crippen molar-refractivity contribution in [3.8, 4) is 0 Å². The monoisotopic (exact) mass is 204 g/mol. The Labute approximate surface area is 85.3 Å². The molecular formula is C9H8N4S. The number of pyridine rings is 1. The van der Waals surface area contributed by atoms with Crippen LogP contribution in [0.1, 0.15) is 5.69 Å². The van der Waals surface area contributed by atoms with Crippen molar-refractivity contribution >= 4 is 22.7 Å². The van der Waals surface area contributed by atoms with Gasteiger partial charge in [0.05, 0.1) is 11.9 Å². The second-order valence-corrected chi connectivity index (χ2v) is 3.36. The maximum Gasteiger partial charge on any atom is 0.203 e. The molecule has 2 aromatic heterocycles. The third-order valence-electron chi connectivity index (χ3n) is 1.48. The number of nitrogens with zero attached hydrogens (tertiary/aromatic N) is 3. The van der Waals surface area contributed by atoms with Crippen LogP contribution in [-0.2, 0) is 0 Å². The van der Waals surface area contributed by atoms with Crippen LogP contribution in [0.3, 0.4) is 0 Å². The van der Waals surface area contributed by atoms with Gasteiger partial charge in [-0.25, -0.2) is 4.98 Å². The molecule has 0 atom stereocenters. The molecule has 1 N–H and O–H groups in total. The topological polar surface area (TPSA) is 50.2 Å². The van der Waals surface area contributed by atoms with E-state index in [0.717, 1.165) is 10.8 Å². The Kier molecular flexibility index (Phi) is 2.82. The van der Waals surface area contributed by atoms with E-state index in [9.17, 15) is 0 Å². The molecule has 5 heteroatoms. The molecule has 2 rings (SSSR count). The van der Waals surface area contributed by atoms with Gasteiger partial charge in [-0.05, 0) is 12.1 Å². The van der Waals surface area contributed by atoms with Crippen LogP contribution in [0.4, 0.5) is 5.13 Å². The first kappa shape index (κ1) is 8.83. The van der Waals surface area contributed by atoms with Crippen molar-refractivity contribution in [1.29, 1.82) is 0 Å². The predicted octanol–water partition coefficient (Wildman–Crippen LogP) is 1.98. The van der Waals surface area contributed by atoms with Crippen molar-refractivity contribution < 1.29 is 0 Å². The van der Waals surface area contributed by atoms with Crippen molar-refractivity contribution in [2.75, 3.05) is 5.43 Å². The number of aromatic nitrogens is 2. The zero-order valence-corrected chi connectivity index (χ0v) is 8.11. The number of hydrazone groups is 1. The number of anilines is 1. The third kappa shape index (κ3) is 2.37. The molecule has 0 aliphatic heterocycles. The molecule has 2 heterocycles. The highest BCUT2D eigenvalue weighted by atomic mass is 32.1. The fourth-order valence-corrected chi connectivity index (χ4v) is 1.36. The van der Waals surface area contributed by atoms with Gasteiger partial charge >= 0.3 is 0 Å². The first-order valence-electron chi connectivity index (χ1n) is 4.05. The smallest absolute Gasteiger partial charge is 0.203 e. The average Bonchev–Trinajstić information content (AvgIpc) is 2.72. The summed E-state index contributed by atoms with van der Waals surface area (Å²) in [5, 5.41) is 6.66. The Morgan fingerprint density at radius 3 is 3.00 bits per heavy atom. The largest absolute Gasteiger partial charge is 0.255 e. The Morgan fingerprint density at radius 2 is 2.29 bits per heavy atom. The molecule has 0 saturated heterocycles. The van der Waals surface area contributed by atoms with Gasteiger partial charge in [-0.2, -0.15) is 5.10 Å². The van der Waals surface area contributed by atoms with E-state index < -0.39 is 0 Å². The molecule has 0 saturated carbocycles. The van der Waals surface area contributed by atoms with Crippen molar-refractivity contribution in [3.63, 3.8) is 0 Å². The lowest BCUT2D eigenvalue weighted by molar-refractivity contribution is 1.26. The van der Waals surface area contributed by atoms with E-state index in [1.807, 2.05) is 23.6 Å². The van der Waals surface area contributed by atoms with Crippen LogP contribution in [0.25, 0.3) is 0 Å². The van der Waals surface area contributed by atoms with Gasteiger partial charge in [0.25, 0.3) is 0 Å². The van der Waals surface area contributed by atoms with Crippen LogP contribution < -0.4 is 5.43 Å². The van der Waals surface area contributed by atoms with Gasteiger partial charge in [0, 0.05) is 17.8 Å². The summed E-state index contributed by atoms with van der Waals surface area (Å²) in [6, 6.07) is 5.66. The summed E-state index contributed by atoms with van der Waals surface area (Å²) < 4.78 is 0. The predicted molar refractivity (Wildman–Crippen MR) is 57.6 cm³/mol. The Balaban J connectivity index is 1.96. The van der Waals surface area contributed by atoms with Crippen LogP contribution in [0.2, 0.25) is 0 Å². The zero-order valence-electron chi connectivity index (χ0n) is 7.29. The normalized spacial score (nSPS) is 10.6. The summed E-state index contributed by atoms with van der Waals surface area (Å²) in [5.41, 5.74) is 3.63. The molecule has 2 aromatic rings. The zero-order chi connectivity index (χ0) is 9.64. The highest BCUT2D eigenvalue weighted by Crippen LogP contribution is 2.09. The summed E-state index contributed by atoms with van der Waals surface area (Å²) in [4.78, 5) is 8.11. The van der Waals surface area contributed by atoms with Gasteiger partial charge in [0.1, 0.15) is 0 Å². The third-order valence-corrected chi connectivity index (χ3v) is 2.15. The van der Waals surface area contributed by atoms with Gasteiger partial charge < -0.3 is 0 Å². The molecule has 0 aromatic carbocycles.